The Balaban J connectivity index is 1.56. The molecule has 24 heavy (non-hydrogen) atoms. The molecule has 0 saturated heterocycles. The van der Waals surface area contributed by atoms with Crippen molar-refractivity contribution in [3.8, 4) is 0 Å². The zero-order valence-electron chi connectivity index (χ0n) is 14.1. The fourth-order valence-electron chi connectivity index (χ4n) is 2.83. The van der Waals surface area contributed by atoms with Crippen LogP contribution >= 0.6 is 11.6 Å². The van der Waals surface area contributed by atoms with Crippen LogP contribution < -0.4 is 5.32 Å². The van der Waals surface area contributed by atoms with Gasteiger partial charge in [-0.1, -0.05) is 17.7 Å². The SMILES string of the molecule is Cc1nn(CCCNC(=O)c2ccc3ccn(C)c3c2)c(C)c1Cl. The molecule has 0 bridgehead atoms. The third-order valence-corrected chi connectivity index (χ3v) is 4.82. The molecule has 1 aromatic carbocycles. The zero-order valence-corrected chi connectivity index (χ0v) is 14.9. The first-order valence-electron chi connectivity index (χ1n) is 8.00. The first kappa shape index (κ1) is 16.6. The van der Waals surface area contributed by atoms with E-state index in [0.29, 0.717) is 12.1 Å². The van der Waals surface area contributed by atoms with E-state index < -0.39 is 0 Å². The van der Waals surface area contributed by atoms with Crippen LogP contribution in [-0.2, 0) is 13.6 Å². The number of aromatic nitrogens is 3. The first-order chi connectivity index (χ1) is 11.5. The predicted molar refractivity (Wildman–Crippen MR) is 96.6 cm³/mol. The molecule has 1 amide bonds. The van der Waals surface area contributed by atoms with Crippen LogP contribution in [0.25, 0.3) is 10.9 Å². The third kappa shape index (κ3) is 3.17. The Labute approximate surface area is 146 Å². The summed E-state index contributed by atoms with van der Waals surface area (Å²) in [6.45, 7) is 5.18. The second-order valence-electron chi connectivity index (χ2n) is 6.02. The Bertz CT molecular complexity index is 894. The van der Waals surface area contributed by atoms with E-state index in [9.17, 15) is 4.79 Å². The number of nitrogens with one attached hydrogen (secondary N) is 1. The van der Waals surface area contributed by atoms with Crippen LogP contribution in [0.3, 0.4) is 0 Å². The number of benzene rings is 1. The summed E-state index contributed by atoms with van der Waals surface area (Å²) in [7, 11) is 1.98. The molecule has 0 saturated carbocycles. The van der Waals surface area contributed by atoms with E-state index in [4.69, 9.17) is 11.6 Å². The maximum absolute atomic E-state index is 12.3. The lowest BCUT2D eigenvalue weighted by molar-refractivity contribution is 0.0952. The van der Waals surface area contributed by atoms with E-state index in [2.05, 4.69) is 10.4 Å². The van der Waals surface area contributed by atoms with Gasteiger partial charge in [0.15, 0.2) is 0 Å². The minimum Gasteiger partial charge on any atom is -0.352 e. The van der Waals surface area contributed by atoms with Gasteiger partial charge in [-0.05, 0) is 43.9 Å². The zero-order chi connectivity index (χ0) is 17.3. The van der Waals surface area contributed by atoms with Crippen LogP contribution in [0.1, 0.15) is 28.2 Å². The van der Waals surface area contributed by atoms with Gasteiger partial charge in [-0.15, -0.1) is 0 Å². The summed E-state index contributed by atoms with van der Waals surface area (Å²) >= 11 is 6.14. The molecule has 0 aliphatic rings. The van der Waals surface area contributed by atoms with Gasteiger partial charge in [0.05, 0.1) is 16.4 Å². The smallest absolute Gasteiger partial charge is 0.251 e. The van der Waals surface area contributed by atoms with Crippen LogP contribution in [0.2, 0.25) is 5.02 Å². The lowest BCUT2D eigenvalue weighted by atomic mass is 10.1. The summed E-state index contributed by atoms with van der Waals surface area (Å²) in [6.07, 6.45) is 2.79. The van der Waals surface area contributed by atoms with Crippen molar-refractivity contribution in [3.05, 3.63) is 52.4 Å². The minimum atomic E-state index is -0.0514. The largest absolute Gasteiger partial charge is 0.352 e. The van der Waals surface area contributed by atoms with Gasteiger partial charge in [0, 0.05) is 37.4 Å². The monoisotopic (exact) mass is 344 g/mol. The maximum atomic E-state index is 12.3. The van der Waals surface area contributed by atoms with Crippen LogP contribution in [0.15, 0.2) is 30.5 Å². The molecule has 0 radical (unpaired) electrons. The highest BCUT2D eigenvalue weighted by molar-refractivity contribution is 6.31. The van der Waals surface area contributed by atoms with Gasteiger partial charge >= 0.3 is 0 Å². The van der Waals surface area contributed by atoms with Crippen molar-refractivity contribution in [1.82, 2.24) is 19.7 Å². The number of halogens is 1. The average Bonchev–Trinajstić information content (AvgIpc) is 3.06. The molecule has 126 valence electrons. The molecule has 2 heterocycles. The number of hydrogen-bond donors (Lipinski definition) is 1. The summed E-state index contributed by atoms with van der Waals surface area (Å²) < 4.78 is 3.90. The molecule has 2 aromatic heterocycles. The Morgan fingerprint density at radius 3 is 2.79 bits per heavy atom. The van der Waals surface area contributed by atoms with Gasteiger partial charge in [0.2, 0.25) is 0 Å². The predicted octanol–water partition coefficient (Wildman–Crippen LogP) is 3.47. The normalized spacial score (nSPS) is 11.2. The van der Waals surface area contributed by atoms with E-state index in [1.165, 1.54) is 0 Å². The Kier molecular flexibility index (Phi) is 4.62. The summed E-state index contributed by atoms with van der Waals surface area (Å²) in [5.74, 6) is -0.0514. The number of rotatable bonds is 5. The van der Waals surface area contributed by atoms with E-state index in [0.717, 1.165) is 40.3 Å². The molecule has 5 nitrogen and oxygen atoms in total. The molecule has 0 fully saturated rings. The second kappa shape index (κ2) is 6.69. The van der Waals surface area contributed by atoms with Gasteiger partial charge in [0.25, 0.3) is 5.91 Å². The highest BCUT2D eigenvalue weighted by Gasteiger charge is 2.10. The van der Waals surface area contributed by atoms with Crippen molar-refractivity contribution >= 4 is 28.4 Å². The number of carbonyl (C=O) groups is 1. The summed E-state index contributed by atoms with van der Waals surface area (Å²) in [4.78, 5) is 12.3. The van der Waals surface area contributed by atoms with E-state index >= 15 is 0 Å². The van der Waals surface area contributed by atoms with Crippen LogP contribution in [0.5, 0.6) is 0 Å². The molecular formula is C18H21ClN4O. The van der Waals surface area contributed by atoms with Crippen molar-refractivity contribution < 1.29 is 4.79 Å². The quantitative estimate of drug-likeness (QED) is 0.720. The minimum absolute atomic E-state index is 0.0514. The number of aryl methyl sites for hydroxylation is 3. The van der Waals surface area contributed by atoms with Crippen LogP contribution in [0.4, 0.5) is 0 Å². The second-order valence-corrected chi connectivity index (χ2v) is 6.40. The topological polar surface area (TPSA) is 51.9 Å². The lowest BCUT2D eigenvalue weighted by Crippen LogP contribution is -2.25. The Morgan fingerprint density at radius 2 is 2.08 bits per heavy atom. The number of nitrogens with zero attached hydrogens (tertiary/aromatic N) is 3. The number of fused-ring (bicyclic) bond motifs is 1. The summed E-state index contributed by atoms with van der Waals surface area (Å²) in [5.41, 5.74) is 3.54. The Hall–Kier alpha value is -2.27. The van der Waals surface area contributed by atoms with Gasteiger partial charge in [-0.2, -0.15) is 5.10 Å². The van der Waals surface area contributed by atoms with Crippen molar-refractivity contribution in [3.63, 3.8) is 0 Å². The van der Waals surface area contributed by atoms with Gasteiger partial charge < -0.3 is 9.88 Å². The fourth-order valence-corrected chi connectivity index (χ4v) is 2.96. The first-order valence-corrected chi connectivity index (χ1v) is 8.38. The van der Waals surface area contributed by atoms with Crippen molar-refractivity contribution in [1.29, 1.82) is 0 Å². The molecule has 0 atom stereocenters. The summed E-state index contributed by atoms with van der Waals surface area (Å²) in [5, 5.41) is 9.21. The van der Waals surface area contributed by atoms with Crippen LogP contribution in [-0.4, -0.2) is 26.8 Å². The summed E-state index contributed by atoms with van der Waals surface area (Å²) in [6, 6.07) is 7.79. The number of carbonyl (C=O) groups excluding carboxylic acids is 1. The fraction of sp³-hybridized carbons (Fsp3) is 0.333. The van der Waals surface area contributed by atoms with Crippen molar-refractivity contribution in [2.45, 2.75) is 26.8 Å². The average molecular weight is 345 g/mol. The molecule has 0 spiro atoms. The van der Waals surface area contributed by atoms with Gasteiger partial charge in [-0.3, -0.25) is 9.48 Å². The van der Waals surface area contributed by atoms with Crippen molar-refractivity contribution in [2.75, 3.05) is 6.54 Å². The molecule has 3 rings (SSSR count). The lowest BCUT2D eigenvalue weighted by Gasteiger charge is -2.07. The standard InChI is InChI=1S/C18H21ClN4O/c1-12-17(19)13(2)23(21-12)9-4-8-20-18(24)15-6-5-14-7-10-22(3)16(14)11-15/h5-7,10-11H,4,8-9H2,1-3H3,(H,20,24). The Morgan fingerprint density at radius 1 is 1.29 bits per heavy atom. The number of amides is 1. The molecule has 0 unspecified atom stereocenters. The van der Waals surface area contributed by atoms with E-state index in [1.54, 1.807) is 0 Å². The van der Waals surface area contributed by atoms with Gasteiger partial charge in [0.1, 0.15) is 0 Å². The molecular weight excluding hydrogens is 324 g/mol. The van der Waals surface area contributed by atoms with Crippen molar-refractivity contribution in [2.24, 2.45) is 7.05 Å². The molecule has 1 N–H and O–H groups in total. The molecule has 0 aliphatic carbocycles. The third-order valence-electron chi connectivity index (χ3n) is 4.28. The van der Waals surface area contributed by atoms with E-state index in [-0.39, 0.29) is 5.91 Å². The van der Waals surface area contributed by atoms with E-state index in [1.807, 2.05) is 60.6 Å². The van der Waals surface area contributed by atoms with Crippen LogP contribution in [0, 0.1) is 13.8 Å². The molecule has 3 aromatic rings. The molecule has 6 heteroatoms. The molecule has 0 aliphatic heterocycles. The highest BCUT2D eigenvalue weighted by Crippen LogP contribution is 2.19. The van der Waals surface area contributed by atoms with Gasteiger partial charge in [-0.25, -0.2) is 0 Å². The number of hydrogen-bond acceptors (Lipinski definition) is 2. The maximum Gasteiger partial charge on any atom is 0.251 e. The highest BCUT2D eigenvalue weighted by atomic mass is 35.5.